The van der Waals surface area contributed by atoms with Crippen LogP contribution in [-0.2, 0) is 0 Å². The molecule has 1 aromatic rings. The lowest BCUT2D eigenvalue weighted by Gasteiger charge is -2.35. The summed E-state index contributed by atoms with van der Waals surface area (Å²) in [6.07, 6.45) is 12.7. The van der Waals surface area contributed by atoms with Crippen molar-refractivity contribution in [3.63, 3.8) is 0 Å². The molecule has 0 radical (unpaired) electrons. The summed E-state index contributed by atoms with van der Waals surface area (Å²) >= 11 is 0. The molecular formula is C20H31N. The van der Waals surface area contributed by atoms with Gasteiger partial charge in [-0.3, -0.25) is 0 Å². The third kappa shape index (κ3) is 4.10. The fraction of sp³-hybridized carbons (Fsp3) is 0.700. The normalized spacial score (nSPS) is 29.2. The Kier molecular flexibility index (Phi) is 5.35. The molecule has 0 unspecified atom stereocenters. The molecule has 0 heterocycles. The standard InChI is InChI=1S/C20H31N/c1-16(17-8-4-2-5-9-17)21-20-14-12-19(13-15-20)18-10-6-3-7-11-18/h3,6-7,10-11,16-17,19-21H,2,4-5,8-9,12-15H2,1H3/t16-,19?,20?/m0/s1. The van der Waals surface area contributed by atoms with Crippen molar-refractivity contribution in [1.29, 1.82) is 0 Å². The number of hydrogen-bond donors (Lipinski definition) is 1. The van der Waals surface area contributed by atoms with Gasteiger partial charge >= 0.3 is 0 Å². The predicted octanol–water partition coefficient (Wildman–Crippen LogP) is 5.27. The highest BCUT2D eigenvalue weighted by Gasteiger charge is 2.26. The van der Waals surface area contributed by atoms with E-state index < -0.39 is 0 Å². The molecule has 1 heteroatoms. The third-order valence-electron chi connectivity index (χ3n) is 5.85. The van der Waals surface area contributed by atoms with Crippen LogP contribution in [0.2, 0.25) is 0 Å². The van der Waals surface area contributed by atoms with Gasteiger partial charge in [0.15, 0.2) is 0 Å². The molecule has 0 amide bonds. The van der Waals surface area contributed by atoms with Gasteiger partial charge < -0.3 is 5.32 Å². The Bertz CT molecular complexity index is 399. The van der Waals surface area contributed by atoms with Gasteiger partial charge in [-0.2, -0.15) is 0 Å². The van der Waals surface area contributed by atoms with Crippen LogP contribution in [0, 0.1) is 5.92 Å². The molecule has 0 aliphatic heterocycles. The van der Waals surface area contributed by atoms with Gasteiger partial charge in [-0.25, -0.2) is 0 Å². The van der Waals surface area contributed by atoms with E-state index in [9.17, 15) is 0 Å². The van der Waals surface area contributed by atoms with Crippen molar-refractivity contribution < 1.29 is 0 Å². The molecule has 116 valence electrons. The van der Waals surface area contributed by atoms with Crippen LogP contribution in [0.25, 0.3) is 0 Å². The SMILES string of the molecule is C[C@H](NC1CCC(c2ccccc2)CC1)C1CCCCC1. The van der Waals surface area contributed by atoms with Gasteiger partial charge in [0.25, 0.3) is 0 Å². The van der Waals surface area contributed by atoms with E-state index in [0.29, 0.717) is 0 Å². The average molecular weight is 285 g/mol. The van der Waals surface area contributed by atoms with Gasteiger partial charge in [0.05, 0.1) is 0 Å². The van der Waals surface area contributed by atoms with Crippen molar-refractivity contribution in [2.24, 2.45) is 5.92 Å². The molecule has 21 heavy (non-hydrogen) atoms. The quantitative estimate of drug-likeness (QED) is 0.794. The minimum atomic E-state index is 0.726. The van der Waals surface area contributed by atoms with E-state index >= 15 is 0 Å². The Morgan fingerprint density at radius 2 is 1.52 bits per heavy atom. The lowest BCUT2D eigenvalue weighted by molar-refractivity contribution is 0.237. The van der Waals surface area contributed by atoms with E-state index in [1.54, 1.807) is 5.56 Å². The first kappa shape index (κ1) is 15.1. The largest absolute Gasteiger partial charge is 0.311 e. The van der Waals surface area contributed by atoms with Crippen molar-refractivity contribution in [2.45, 2.75) is 82.7 Å². The van der Waals surface area contributed by atoms with Gasteiger partial charge in [0.2, 0.25) is 0 Å². The maximum atomic E-state index is 3.96. The maximum Gasteiger partial charge on any atom is 0.00700 e. The van der Waals surface area contributed by atoms with Crippen molar-refractivity contribution in [1.82, 2.24) is 5.32 Å². The first-order valence-corrected chi connectivity index (χ1v) is 9.14. The minimum Gasteiger partial charge on any atom is -0.311 e. The molecule has 1 N–H and O–H groups in total. The number of rotatable bonds is 4. The van der Waals surface area contributed by atoms with Crippen molar-refractivity contribution in [3.8, 4) is 0 Å². The highest BCUT2D eigenvalue weighted by Crippen LogP contribution is 2.34. The van der Waals surface area contributed by atoms with Crippen LogP contribution in [-0.4, -0.2) is 12.1 Å². The summed E-state index contributed by atoms with van der Waals surface area (Å²) < 4.78 is 0. The van der Waals surface area contributed by atoms with Crippen LogP contribution in [0.15, 0.2) is 30.3 Å². The van der Waals surface area contributed by atoms with Crippen LogP contribution >= 0.6 is 0 Å². The van der Waals surface area contributed by atoms with Gasteiger partial charge in [0, 0.05) is 12.1 Å². The monoisotopic (exact) mass is 285 g/mol. The maximum absolute atomic E-state index is 3.96. The van der Waals surface area contributed by atoms with Gasteiger partial charge in [-0.15, -0.1) is 0 Å². The third-order valence-corrected chi connectivity index (χ3v) is 5.85. The first-order chi connectivity index (χ1) is 10.3. The number of benzene rings is 1. The van der Waals surface area contributed by atoms with Crippen LogP contribution < -0.4 is 5.32 Å². The summed E-state index contributed by atoms with van der Waals surface area (Å²) in [6, 6.07) is 12.6. The Balaban J connectivity index is 1.45. The van der Waals surface area contributed by atoms with Crippen molar-refractivity contribution in [3.05, 3.63) is 35.9 Å². The topological polar surface area (TPSA) is 12.0 Å². The summed E-state index contributed by atoms with van der Waals surface area (Å²) in [5.41, 5.74) is 1.55. The molecule has 2 aliphatic carbocycles. The molecule has 1 nitrogen and oxygen atoms in total. The van der Waals surface area contributed by atoms with Crippen LogP contribution in [0.4, 0.5) is 0 Å². The molecule has 0 spiro atoms. The van der Waals surface area contributed by atoms with E-state index in [1.807, 2.05) is 0 Å². The second kappa shape index (κ2) is 7.45. The van der Waals surface area contributed by atoms with Crippen molar-refractivity contribution in [2.75, 3.05) is 0 Å². The summed E-state index contributed by atoms with van der Waals surface area (Å²) in [7, 11) is 0. The molecule has 0 aromatic heterocycles. The molecule has 1 aromatic carbocycles. The molecule has 3 rings (SSSR count). The lowest BCUT2D eigenvalue weighted by Crippen LogP contribution is -2.43. The van der Waals surface area contributed by atoms with Crippen LogP contribution in [0.3, 0.4) is 0 Å². The molecule has 0 bridgehead atoms. The van der Waals surface area contributed by atoms with E-state index in [2.05, 4.69) is 42.6 Å². The Morgan fingerprint density at radius 3 is 2.19 bits per heavy atom. The van der Waals surface area contributed by atoms with Gasteiger partial charge in [-0.05, 0) is 62.8 Å². The predicted molar refractivity (Wildman–Crippen MR) is 90.6 cm³/mol. The summed E-state index contributed by atoms with van der Waals surface area (Å²) in [4.78, 5) is 0. The fourth-order valence-electron chi connectivity index (χ4n) is 4.46. The second-order valence-electron chi connectivity index (χ2n) is 7.31. The van der Waals surface area contributed by atoms with Gasteiger partial charge in [0.1, 0.15) is 0 Å². The summed E-state index contributed by atoms with van der Waals surface area (Å²) in [6.45, 7) is 2.43. The Morgan fingerprint density at radius 1 is 0.857 bits per heavy atom. The summed E-state index contributed by atoms with van der Waals surface area (Å²) in [5.74, 6) is 1.74. The molecule has 2 aliphatic rings. The smallest absolute Gasteiger partial charge is 0.00700 e. The van der Waals surface area contributed by atoms with E-state index in [0.717, 1.165) is 23.9 Å². The van der Waals surface area contributed by atoms with Crippen LogP contribution in [0.1, 0.15) is 76.2 Å². The molecular weight excluding hydrogens is 254 g/mol. The van der Waals surface area contributed by atoms with Gasteiger partial charge in [-0.1, -0.05) is 49.6 Å². The second-order valence-corrected chi connectivity index (χ2v) is 7.31. The molecule has 0 saturated heterocycles. The zero-order valence-corrected chi connectivity index (χ0v) is 13.6. The van der Waals surface area contributed by atoms with E-state index in [4.69, 9.17) is 0 Å². The fourth-order valence-corrected chi connectivity index (χ4v) is 4.46. The molecule has 2 saturated carbocycles. The summed E-state index contributed by atoms with van der Waals surface area (Å²) in [5, 5.41) is 3.96. The highest BCUT2D eigenvalue weighted by atomic mass is 15.0. The molecule has 2 fully saturated rings. The zero-order valence-electron chi connectivity index (χ0n) is 13.6. The lowest BCUT2D eigenvalue weighted by atomic mass is 9.80. The van der Waals surface area contributed by atoms with E-state index in [-0.39, 0.29) is 0 Å². The first-order valence-electron chi connectivity index (χ1n) is 9.14. The zero-order chi connectivity index (χ0) is 14.5. The van der Waals surface area contributed by atoms with E-state index in [1.165, 1.54) is 57.8 Å². The Labute approximate surface area is 130 Å². The average Bonchev–Trinajstić information content (AvgIpc) is 2.57. The Hall–Kier alpha value is -0.820. The number of nitrogens with one attached hydrogen (secondary N) is 1. The highest BCUT2D eigenvalue weighted by molar-refractivity contribution is 5.20. The molecule has 1 atom stereocenters. The minimum absolute atomic E-state index is 0.726. The van der Waals surface area contributed by atoms with Crippen molar-refractivity contribution >= 4 is 0 Å². The number of hydrogen-bond acceptors (Lipinski definition) is 1. The van der Waals surface area contributed by atoms with Crippen LogP contribution in [0.5, 0.6) is 0 Å².